The highest BCUT2D eigenvalue weighted by atomic mass is 79.9. The van der Waals surface area contributed by atoms with Gasteiger partial charge in [-0.3, -0.25) is 0 Å². The maximum atomic E-state index is 6.03. The van der Waals surface area contributed by atoms with Crippen molar-refractivity contribution in [3.63, 3.8) is 0 Å². The third-order valence-corrected chi connectivity index (χ3v) is 3.85. The monoisotopic (exact) mass is 317 g/mol. The molecule has 84 valence electrons. The molecule has 0 atom stereocenters. The van der Waals surface area contributed by atoms with Gasteiger partial charge in [0, 0.05) is 10.4 Å². The average Bonchev–Trinajstić information content (AvgIpc) is 2.67. The van der Waals surface area contributed by atoms with E-state index in [0.29, 0.717) is 5.19 Å². The first kappa shape index (κ1) is 11.9. The van der Waals surface area contributed by atoms with Crippen molar-refractivity contribution < 1.29 is 4.74 Å². The Kier molecular flexibility index (Phi) is 3.84. The highest BCUT2D eigenvalue weighted by Gasteiger charge is 2.05. The highest BCUT2D eigenvalue weighted by molar-refractivity contribution is 9.10. The summed E-state index contributed by atoms with van der Waals surface area (Å²) in [5.41, 5.74) is 1.08. The Morgan fingerprint density at radius 2 is 2.31 bits per heavy atom. The second kappa shape index (κ2) is 5.17. The van der Waals surface area contributed by atoms with Gasteiger partial charge in [-0.05, 0) is 46.1 Å². The summed E-state index contributed by atoms with van der Waals surface area (Å²) in [6.07, 6.45) is 0.887. The fourth-order valence-electron chi connectivity index (χ4n) is 1.27. The molecule has 2 nitrogen and oxygen atoms in total. The molecule has 0 unspecified atom stereocenters. The van der Waals surface area contributed by atoms with Crippen LogP contribution in [-0.4, -0.2) is 4.98 Å². The number of nitrogens with zero attached hydrogens (tertiary/aromatic N) is 1. The van der Waals surface area contributed by atoms with Crippen LogP contribution in [0.5, 0.6) is 10.9 Å². The third kappa shape index (κ3) is 2.75. The molecule has 0 spiro atoms. The number of benzene rings is 1. The van der Waals surface area contributed by atoms with E-state index in [2.05, 4.69) is 27.8 Å². The normalized spacial score (nSPS) is 10.4. The van der Waals surface area contributed by atoms with Crippen molar-refractivity contribution in [3.05, 3.63) is 38.8 Å². The quantitative estimate of drug-likeness (QED) is 0.802. The Morgan fingerprint density at radius 1 is 1.50 bits per heavy atom. The lowest BCUT2D eigenvalue weighted by molar-refractivity contribution is 0.477. The molecule has 0 N–H and O–H groups in total. The summed E-state index contributed by atoms with van der Waals surface area (Å²) < 4.78 is 6.40. The first-order chi connectivity index (χ1) is 7.69. The van der Waals surface area contributed by atoms with E-state index in [-0.39, 0.29) is 0 Å². The Balaban J connectivity index is 2.21. The molecule has 1 aromatic heterocycles. The maximum absolute atomic E-state index is 6.03. The van der Waals surface area contributed by atoms with Crippen LogP contribution in [0, 0.1) is 0 Å². The van der Waals surface area contributed by atoms with Gasteiger partial charge in [-0.2, -0.15) is 4.98 Å². The van der Waals surface area contributed by atoms with Crippen LogP contribution >= 0.6 is 38.9 Å². The van der Waals surface area contributed by atoms with Gasteiger partial charge < -0.3 is 4.74 Å². The van der Waals surface area contributed by atoms with Crippen molar-refractivity contribution in [2.24, 2.45) is 0 Å². The maximum Gasteiger partial charge on any atom is 0.279 e. The minimum atomic E-state index is 0.622. The summed E-state index contributed by atoms with van der Waals surface area (Å²) in [6, 6.07) is 5.63. The lowest BCUT2D eigenvalue weighted by atomic mass is 10.2. The molecule has 1 heterocycles. The number of ether oxygens (including phenoxy) is 1. The second-order valence-corrected chi connectivity index (χ2v) is 5.19. The molecule has 5 heteroatoms. The predicted octanol–water partition coefficient (Wildman–Crippen LogP) is 4.91. The van der Waals surface area contributed by atoms with E-state index in [1.165, 1.54) is 11.3 Å². The van der Waals surface area contributed by atoms with E-state index in [1.54, 1.807) is 0 Å². The molecule has 0 aliphatic rings. The number of thiazole rings is 1. The Bertz CT molecular complexity index is 500. The van der Waals surface area contributed by atoms with E-state index in [1.807, 2.05) is 23.6 Å². The van der Waals surface area contributed by atoms with Gasteiger partial charge in [0.25, 0.3) is 5.19 Å². The molecule has 0 aliphatic heterocycles. The average molecular weight is 319 g/mol. The van der Waals surface area contributed by atoms with E-state index >= 15 is 0 Å². The van der Waals surface area contributed by atoms with E-state index < -0.39 is 0 Å². The predicted molar refractivity (Wildman–Crippen MR) is 70.7 cm³/mol. The summed E-state index contributed by atoms with van der Waals surface area (Å²) >= 11 is 10.8. The van der Waals surface area contributed by atoms with E-state index in [4.69, 9.17) is 16.3 Å². The van der Waals surface area contributed by atoms with Crippen LogP contribution in [0.3, 0.4) is 0 Å². The summed E-state index contributed by atoms with van der Waals surface area (Å²) in [6.45, 7) is 2.06. The number of aromatic nitrogens is 1. The van der Waals surface area contributed by atoms with Crippen LogP contribution in [0.15, 0.2) is 28.2 Å². The Labute approximate surface area is 111 Å². The molecule has 0 saturated heterocycles. The molecule has 1 aromatic carbocycles. The van der Waals surface area contributed by atoms with Crippen molar-refractivity contribution in [2.45, 2.75) is 13.3 Å². The summed E-state index contributed by atoms with van der Waals surface area (Å²) in [5, 5.41) is 3.28. The zero-order valence-electron chi connectivity index (χ0n) is 8.54. The van der Waals surface area contributed by atoms with Gasteiger partial charge >= 0.3 is 0 Å². The van der Waals surface area contributed by atoms with Gasteiger partial charge in [0.15, 0.2) is 0 Å². The molecule has 16 heavy (non-hydrogen) atoms. The Morgan fingerprint density at radius 3 is 2.94 bits per heavy atom. The molecule has 0 bridgehead atoms. The lowest BCUT2D eigenvalue weighted by Gasteiger charge is -2.05. The number of halogens is 2. The third-order valence-electron chi connectivity index (χ3n) is 2.06. The number of rotatable bonds is 3. The van der Waals surface area contributed by atoms with Crippen molar-refractivity contribution in [1.82, 2.24) is 4.98 Å². The molecule has 0 aliphatic carbocycles. The van der Waals surface area contributed by atoms with Gasteiger partial charge in [-0.25, -0.2) is 0 Å². The van der Waals surface area contributed by atoms with Crippen LogP contribution in [0.25, 0.3) is 0 Å². The summed E-state index contributed by atoms with van der Waals surface area (Å²) in [7, 11) is 0. The van der Waals surface area contributed by atoms with Crippen LogP contribution in [0.4, 0.5) is 0 Å². The van der Waals surface area contributed by atoms with Crippen LogP contribution < -0.4 is 4.74 Å². The zero-order chi connectivity index (χ0) is 11.5. The summed E-state index contributed by atoms with van der Waals surface area (Å²) in [4.78, 5) is 4.16. The fourth-order valence-corrected chi connectivity index (χ4v) is 2.63. The SMILES string of the molecule is CCc1cc(Oc2nc(Br)cs2)ccc1Cl. The van der Waals surface area contributed by atoms with Gasteiger partial charge in [0.2, 0.25) is 0 Å². The molecule has 0 amide bonds. The first-order valence-electron chi connectivity index (χ1n) is 4.76. The van der Waals surface area contributed by atoms with E-state index in [0.717, 1.165) is 27.4 Å². The fraction of sp³-hybridized carbons (Fsp3) is 0.182. The standard InChI is InChI=1S/C11H9BrClNOS/c1-2-7-5-8(3-4-9(7)13)15-11-14-10(12)6-16-11/h3-6H,2H2,1H3. The highest BCUT2D eigenvalue weighted by Crippen LogP contribution is 2.29. The molecule has 0 radical (unpaired) electrons. The molecule has 0 saturated carbocycles. The van der Waals surface area contributed by atoms with Gasteiger partial charge in [-0.15, -0.1) is 0 Å². The van der Waals surface area contributed by atoms with Gasteiger partial charge in [-0.1, -0.05) is 29.9 Å². The van der Waals surface area contributed by atoms with Crippen molar-refractivity contribution >= 4 is 38.9 Å². The molecule has 2 aromatic rings. The topological polar surface area (TPSA) is 22.1 Å². The molecule has 2 rings (SSSR count). The van der Waals surface area contributed by atoms with Gasteiger partial charge in [0.05, 0.1) is 0 Å². The molecular weight excluding hydrogens is 310 g/mol. The van der Waals surface area contributed by atoms with E-state index in [9.17, 15) is 0 Å². The van der Waals surface area contributed by atoms with Crippen LogP contribution in [-0.2, 0) is 6.42 Å². The first-order valence-corrected chi connectivity index (χ1v) is 6.81. The smallest absolute Gasteiger partial charge is 0.279 e. The van der Waals surface area contributed by atoms with Crippen molar-refractivity contribution in [3.8, 4) is 10.9 Å². The van der Waals surface area contributed by atoms with Gasteiger partial charge in [0.1, 0.15) is 10.4 Å². The lowest BCUT2D eigenvalue weighted by Crippen LogP contribution is -1.87. The minimum Gasteiger partial charge on any atom is -0.431 e. The minimum absolute atomic E-state index is 0.622. The second-order valence-electron chi connectivity index (χ2n) is 3.14. The Hall–Kier alpha value is -0.580. The number of hydrogen-bond donors (Lipinski definition) is 0. The van der Waals surface area contributed by atoms with Crippen molar-refractivity contribution in [1.29, 1.82) is 0 Å². The number of hydrogen-bond acceptors (Lipinski definition) is 3. The summed E-state index contributed by atoms with van der Waals surface area (Å²) in [5.74, 6) is 0.767. The van der Waals surface area contributed by atoms with Crippen LogP contribution in [0.2, 0.25) is 5.02 Å². The van der Waals surface area contributed by atoms with Crippen molar-refractivity contribution in [2.75, 3.05) is 0 Å². The number of aryl methyl sites for hydroxylation is 1. The molecular formula is C11H9BrClNOS. The molecule has 0 fully saturated rings. The van der Waals surface area contributed by atoms with Crippen LogP contribution in [0.1, 0.15) is 12.5 Å². The largest absolute Gasteiger partial charge is 0.431 e. The zero-order valence-corrected chi connectivity index (χ0v) is 11.7.